The normalized spacial score (nSPS) is 15.2. The average Bonchev–Trinajstić information content (AvgIpc) is 2.92. The molecule has 0 radical (unpaired) electrons. The predicted molar refractivity (Wildman–Crippen MR) is 143 cm³/mol. The molecule has 0 saturated carbocycles. The third kappa shape index (κ3) is 6.28. The molecule has 3 heterocycles. The molecule has 1 fully saturated rings. The first-order valence-corrected chi connectivity index (χ1v) is 12.3. The first-order valence-electron chi connectivity index (χ1n) is 12.3. The highest BCUT2D eigenvalue weighted by Gasteiger charge is 2.17. The largest absolute Gasteiger partial charge is 0.496 e. The minimum absolute atomic E-state index is 0.128. The lowest BCUT2D eigenvalue weighted by atomic mass is 9.98. The minimum atomic E-state index is -0.140. The molecule has 1 amide bonds. The van der Waals surface area contributed by atoms with Crippen LogP contribution in [0, 0.1) is 0 Å². The van der Waals surface area contributed by atoms with E-state index >= 15 is 0 Å². The van der Waals surface area contributed by atoms with Gasteiger partial charge in [-0.2, -0.15) is 0 Å². The minimum Gasteiger partial charge on any atom is -0.496 e. The lowest BCUT2D eigenvalue weighted by molar-refractivity contribution is 0.0962. The highest BCUT2D eigenvalue weighted by atomic mass is 16.5. The monoisotopic (exact) mass is 489 g/mol. The van der Waals surface area contributed by atoms with Crippen molar-refractivity contribution in [3.8, 4) is 17.0 Å². The van der Waals surface area contributed by atoms with Gasteiger partial charge < -0.3 is 25.6 Å². The molecule has 1 aliphatic heterocycles. The fraction of sp³-hybridized carbons (Fsp3) is 0.407. The zero-order valence-corrected chi connectivity index (χ0v) is 21.4. The maximum atomic E-state index is 11.9. The summed E-state index contributed by atoms with van der Waals surface area (Å²) in [4.78, 5) is 27.7. The van der Waals surface area contributed by atoms with Gasteiger partial charge in [-0.05, 0) is 62.8 Å². The van der Waals surface area contributed by atoms with Crippen LogP contribution in [0.4, 0.5) is 11.6 Å². The number of methoxy groups -OCH3 is 1. The number of aromatic nitrogens is 3. The van der Waals surface area contributed by atoms with E-state index in [1.807, 2.05) is 36.5 Å². The van der Waals surface area contributed by atoms with Crippen molar-refractivity contribution in [2.24, 2.45) is 0 Å². The molecule has 1 atom stereocenters. The van der Waals surface area contributed by atoms with Gasteiger partial charge in [0.1, 0.15) is 23.7 Å². The Morgan fingerprint density at radius 3 is 2.61 bits per heavy atom. The molecular formula is C27H35N7O2. The van der Waals surface area contributed by atoms with Crippen molar-refractivity contribution >= 4 is 17.5 Å². The summed E-state index contributed by atoms with van der Waals surface area (Å²) in [5.74, 6) is 2.31. The van der Waals surface area contributed by atoms with Crippen LogP contribution in [-0.2, 0) is 0 Å². The van der Waals surface area contributed by atoms with Crippen molar-refractivity contribution in [3.63, 3.8) is 0 Å². The first kappa shape index (κ1) is 25.4. The van der Waals surface area contributed by atoms with Crippen LogP contribution >= 0.6 is 0 Å². The van der Waals surface area contributed by atoms with Crippen molar-refractivity contribution in [1.29, 1.82) is 0 Å². The van der Waals surface area contributed by atoms with E-state index in [0.717, 1.165) is 54.4 Å². The molecule has 0 bridgehead atoms. The Labute approximate surface area is 212 Å². The molecule has 9 heteroatoms. The zero-order chi connectivity index (χ0) is 25.5. The van der Waals surface area contributed by atoms with Crippen LogP contribution in [0.1, 0.15) is 41.6 Å². The lowest BCUT2D eigenvalue weighted by Crippen LogP contribution is -2.36. The molecule has 4 rings (SSSR count). The van der Waals surface area contributed by atoms with Gasteiger partial charge in [0.25, 0.3) is 5.91 Å². The summed E-state index contributed by atoms with van der Waals surface area (Å²) in [6.07, 6.45) is 5.67. The number of hydrogen-bond donors (Lipinski definition) is 3. The summed E-state index contributed by atoms with van der Waals surface area (Å²) in [6.45, 7) is 4.97. The van der Waals surface area contributed by atoms with Crippen LogP contribution in [-0.4, -0.2) is 72.6 Å². The highest BCUT2D eigenvalue weighted by Crippen LogP contribution is 2.28. The summed E-state index contributed by atoms with van der Waals surface area (Å²) in [7, 11) is 5.40. The number of piperidine rings is 1. The van der Waals surface area contributed by atoms with Crippen molar-refractivity contribution in [3.05, 3.63) is 60.0 Å². The van der Waals surface area contributed by atoms with E-state index in [1.165, 1.54) is 0 Å². The predicted octanol–water partition coefficient (Wildman–Crippen LogP) is 3.63. The second-order valence-electron chi connectivity index (χ2n) is 9.26. The molecule has 2 aromatic heterocycles. The Morgan fingerprint density at radius 2 is 1.92 bits per heavy atom. The van der Waals surface area contributed by atoms with Crippen LogP contribution in [0.5, 0.6) is 5.75 Å². The fourth-order valence-corrected chi connectivity index (χ4v) is 4.38. The molecule has 1 aliphatic rings. The number of likely N-dealkylation sites (tertiary alicyclic amines) is 1. The van der Waals surface area contributed by atoms with Crippen LogP contribution in [0.15, 0.2) is 48.9 Å². The zero-order valence-electron chi connectivity index (χ0n) is 21.4. The molecule has 1 unspecified atom stereocenters. The second kappa shape index (κ2) is 11.8. The van der Waals surface area contributed by atoms with Gasteiger partial charge >= 0.3 is 0 Å². The smallest absolute Gasteiger partial charge is 0.251 e. The Balaban J connectivity index is 1.38. The Kier molecular flexibility index (Phi) is 8.32. The highest BCUT2D eigenvalue weighted by molar-refractivity contribution is 5.94. The number of nitrogens with one attached hydrogen (secondary N) is 3. The lowest BCUT2D eigenvalue weighted by Gasteiger charge is -2.29. The summed E-state index contributed by atoms with van der Waals surface area (Å²) in [5.41, 5.74) is 3.34. The fourth-order valence-electron chi connectivity index (χ4n) is 4.38. The molecule has 1 aromatic carbocycles. The van der Waals surface area contributed by atoms with Crippen molar-refractivity contribution in [2.45, 2.75) is 31.7 Å². The molecule has 190 valence electrons. The van der Waals surface area contributed by atoms with Crippen molar-refractivity contribution in [1.82, 2.24) is 25.2 Å². The molecule has 3 N–H and O–H groups in total. The SMILES string of the molecule is CNC(=O)c1ccc(C(C)CNc2cc(-c3ccc(NC4CCN(C)CC4)nc3)ncn2)c(OC)c1. The van der Waals surface area contributed by atoms with Gasteiger partial charge in [-0.3, -0.25) is 4.79 Å². The molecule has 1 saturated heterocycles. The van der Waals surface area contributed by atoms with E-state index in [-0.39, 0.29) is 11.8 Å². The Bertz CT molecular complexity index is 1160. The summed E-state index contributed by atoms with van der Waals surface area (Å²) in [5, 5.41) is 9.58. The molecule has 36 heavy (non-hydrogen) atoms. The molecular weight excluding hydrogens is 454 g/mol. The van der Waals surface area contributed by atoms with Crippen molar-refractivity contribution in [2.75, 3.05) is 51.5 Å². The number of carbonyl (C=O) groups is 1. The number of anilines is 2. The van der Waals surface area contributed by atoms with Crippen molar-refractivity contribution < 1.29 is 9.53 Å². The molecule has 3 aromatic rings. The van der Waals surface area contributed by atoms with E-state index in [4.69, 9.17) is 4.74 Å². The summed E-state index contributed by atoms with van der Waals surface area (Å²) >= 11 is 0. The van der Waals surface area contributed by atoms with Gasteiger partial charge in [0.05, 0.1) is 12.8 Å². The molecule has 0 aliphatic carbocycles. The van der Waals surface area contributed by atoms with Gasteiger partial charge in [0, 0.05) is 48.9 Å². The first-order chi connectivity index (χ1) is 17.5. The quantitative estimate of drug-likeness (QED) is 0.419. The van der Waals surface area contributed by atoms with Gasteiger partial charge in [-0.15, -0.1) is 0 Å². The van der Waals surface area contributed by atoms with Crippen LogP contribution in [0.3, 0.4) is 0 Å². The van der Waals surface area contributed by atoms with Gasteiger partial charge in [0.2, 0.25) is 0 Å². The topological polar surface area (TPSA) is 104 Å². The third-order valence-electron chi connectivity index (χ3n) is 6.64. The average molecular weight is 490 g/mol. The third-order valence-corrected chi connectivity index (χ3v) is 6.64. The number of benzene rings is 1. The van der Waals surface area contributed by atoms with Gasteiger partial charge in [-0.1, -0.05) is 13.0 Å². The van der Waals surface area contributed by atoms with E-state index in [9.17, 15) is 4.79 Å². The van der Waals surface area contributed by atoms with Crippen LogP contribution in [0.25, 0.3) is 11.3 Å². The number of hydrogen-bond acceptors (Lipinski definition) is 8. The maximum absolute atomic E-state index is 11.9. The number of ether oxygens (including phenoxy) is 1. The van der Waals surface area contributed by atoms with E-state index < -0.39 is 0 Å². The van der Waals surface area contributed by atoms with Gasteiger partial charge in [-0.25, -0.2) is 15.0 Å². The Morgan fingerprint density at radius 1 is 1.11 bits per heavy atom. The molecule has 9 nitrogen and oxygen atoms in total. The van der Waals surface area contributed by atoms with Crippen LogP contribution < -0.4 is 20.7 Å². The Hall–Kier alpha value is -3.72. The molecule has 0 spiro atoms. The number of pyridine rings is 1. The van der Waals surface area contributed by atoms with Gasteiger partial charge in [0.15, 0.2) is 0 Å². The summed E-state index contributed by atoms with van der Waals surface area (Å²) < 4.78 is 5.55. The maximum Gasteiger partial charge on any atom is 0.251 e. The second-order valence-corrected chi connectivity index (χ2v) is 9.26. The standard InChI is InChI=1S/C27H35N7O2/c1-18(22-7-5-19(27(35)28-2)13-24(22)36-4)15-29-26-14-23(31-17-32-26)20-6-8-25(30-16-20)33-21-9-11-34(3)12-10-21/h5-8,13-14,16-18,21H,9-12,15H2,1-4H3,(H,28,35)(H,30,33)(H,29,31,32). The number of nitrogens with zero attached hydrogens (tertiary/aromatic N) is 4. The van der Waals surface area contributed by atoms with E-state index in [0.29, 0.717) is 23.9 Å². The van der Waals surface area contributed by atoms with E-state index in [2.05, 4.69) is 49.8 Å². The number of rotatable bonds is 9. The number of carbonyl (C=O) groups excluding carboxylic acids is 1. The number of amides is 1. The van der Waals surface area contributed by atoms with Crippen LogP contribution in [0.2, 0.25) is 0 Å². The summed E-state index contributed by atoms with van der Waals surface area (Å²) in [6, 6.07) is 12.0. The van der Waals surface area contributed by atoms with E-state index in [1.54, 1.807) is 26.6 Å².